The lowest BCUT2D eigenvalue weighted by atomic mass is 9.50. The van der Waals surface area contributed by atoms with Gasteiger partial charge in [-0.2, -0.15) is 5.26 Å². The van der Waals surface area contributed by atoms with Crippen molar-refractivity contribution in [1.82, 2.24) is 9.97 Å². The van der Waals surface area contributed by atoms with E-state index in [0.29, 0.717) is 12.2 Å². The largest absolute Gasteiger partial charge is 0.508 e. The van der Waals surface area contributed by atoms with Gasteiger partial charge in [-0.05, 0) is 67.0 Å². The van der Waals surface area contributed by atoms with Crippen molar-refractivity contribution in [3.63, 3.8) is 0 Å². The van der Waals surface area contributed by atoms with E-state index in [-0.39, 0.29) is 23.4 Å². The monoisotopic (exact) mass is 499 g/mol. The summed E-state index contributed by atoms with van der Waals surface area (Å²) in [5, 5.41) is 19.7. The summed E-state index contributed by atoms with van der Waals surface area (Å²) in [7, 11) is 0. The third-order valence-electron chi connectivity index (χ3n) is 8.58. The highest BCUT2D eigenvalue weighted by Gasteiger charge is 2.56. The summed E-state index contributed by atoms with van der Waals surface area (Å²) in [6.07, 6.45) is 2.06. The van der Waals surface area contributed by atoms with Crippen LogP contribution in [0.15, 0.2) is 78.9 Å². The number of Topliss-reactive ketones (excluding diaryl/α,β-unsaturated/α-hetero) is 1. The normalized spacial score (nSPS) is 24.2. The SMILES string of the molecule is Cc1nc(-c2cccc(-c3ccc(O)cc3)c2)c2c(n1)[C@@]1(c3ccccc3)CC(C#N)C(=O)[C@@H](C)[C@@H]1CC2. The van der Waals surface area contributed by atoms with Crippen LogP contribution in [-0.4, -0.2) is 20.9 Å². The van der Waals surface area contributed by atoms with Gasteiger partial charge in [0.1, 0.15) is 17.5 Å². The molecule has 3 aromatic carbocycles. The van der Waals surface area contributed by atoms with Crippen LogP contribution in [0.4, 0.5) is 0 Å². The summed E-state index contributed by atoms with van der Waals surface area (Å²) in [5.74, 6) is 0.159. The fraction of sp³-hybridized carbons (Fsp3) is 0.273. The van der Waals surface area contributed by atoms with Gasteiger partial charge in [-0.15, -0.1) is 0 Å². The Balaban J connectivity index is 1.57. The maximum absolute atomic E-state index is 13.2. The highest BCUT2D eigenvalue weighted by Crippen LogP contribution is 2.56. The number of phenolic OH excluding ortho intramolecular Hbond substituents is 1. The van der Waals surface area contributed by atoms with E-state index >= 15 is 0 Å². The maximum Gasteiger partial charge on any atom is 0.153 e. The molecule has 38 heavy (non-hydrogen) atoms. The first-order chi connectivity index (χ1) is 18.4. The molecule has 4 aromatic rings. The summed E-state index contributed by atoms with van der Waals surface area (Å²) in [6, 6.07) is 28.2. The smallest absolute Gasteiger partial charge is 0.153 e. The third kappa shape index (κ3) is 3.71. The number of phenols is 1. The molecule has 1 unspecified atom stereocenters. The Morgan fingerprint density at radius 3 is 2.42 bits per heavy atom. The molecule has 0 amide bonds. The van der Waals surface area contributed by atoms with Gasteiger partial charge in [0.15, 0.2) is 5.78 Å². The number of nitrogens with zero attached hydrogens (tertiary/aromatic N) is 3. The van der Waals surface area contributed by atoms with Gasteiger partial charge >= 0.3 is 0 Å². The van der Waals surface area contributed by atoms with Crippen LogP contribution in [0.25, 0.3) is 22.4 Å². The van der Waals surface area contributed by atoms with Crippen molar-refractivity contribution in [3.05, 3.63) is 102 Å². The number of hydrogen-bond donors (Lipinski definition) is 1. The van der Waals surface area contributed by atoms with Gasteiger partial charge in [-0.1, -0.05) is 67.6 Å². The van der Waals surface area contributed by atoms with Crippen LogP contribution >= 0.6 is 0 Å². The molecule has 1 aromatic heterocycles. The van der Waals surface area contributed by atoms with E-state index < -0.39 is 11.3 Å². The fourth-order valence-electron chi connectivity index (χ4n) is 6.84. The first kappa shape index (κ1) is 24.1. The predicted molar refractivity (Wildman–Crippen MR) is 146 cm³/mol. The number of aromatic hydroxyl groups is 1. The minimum Gasteiger partial charge on any atom is -0.508 e. The number of aryl methyl sites for hydroxylation is 1. The van der Waals surface area contributed by atoms with Gasteiger partial charge in [-0.25, -0.2) is 9.97 Å². The van der Waals surface area contributed by atoms with Gasteiger partial charge in [0.25, 0.3) is 0 Å². The number of aromatic nitrogens is 2. The minimum atomic E-state index is -0.663. The quantitative estimate of drug-likeness (QED) is 0.351. The standard InChI is InChI=1S/C33H29N3O2/c1-20-29-16-15-28-30(24-8-6-7-23(17-24)22-11-13-27(37)14-12-22)35-21(2)36-32(28)33(29,18-25(19-34)31(20)38)26-9-4-3-5-10-26/h3-14,17,20,25,29,37H,15-16,18H2,1-2H3/t20-,25?,29-,33+/m0/s1. The van der Waals surface area contributed by atoms with Crippen LogP contribution in [0.1, 0.15) is 42.4 Å². The lowest BCUT2D eigenvalue weighted by Crippen LogP contribution is -2.53. The van der Waals surface area contributed by atoms with Crippen LogP contribution in [0.3, 0.4) is 0 Å². The molecule has 5 heteroatoms. The van der Waals surface area contributed by atoms with Crippen LogP contribution in [-0.2, 0) is 16.6 Å². The molecule has 2 aliphatic carbocycles. The van der Waals surface area contributed by atoms with E-state index in [1.54, 1.807) is 12.1 Å². The number of ketones is 1. The van der Waals surface area contributed by atoms with Crippen LogP contribution < -0.4 is 0 Å². The molecule has 0 bridgehead atoms. The number of carbonyl (C=O) groups excluding carboxylic acids is 1. The molecule has 1 N–H and O–H groups in total. The second-order valence-corrected chi connectivity index (χ2v) is 10.6. The zero-order valence-corrected chi connectivity index (χ0v) is 21.6. The summed E-state index contributed by atoms with van der Waals surface area (Å²) in [4.78, 5) is 23.2. The highest BCUT2D eigenvalue weighted by molar-refractivity contribution is 5.88. The maximum atomic E-state index is 13.2. The molecule has 1 saturated carbocycles. The van der Waals surface area contributed by atoms with Gasteiger partial charge in [0.05, 0.1) is 17.5 Å². The number of hydrogen-bond acceptors (Lipinski definition) is 5. The Kier molecular flexibility index (Phi) is 5.84. The Bertz CT molecular complexity index is 1570. The molecule has 0 aliphatic heterocycles. The van der Waals surface area contributed by atoms with Crippen molar-refractivity contribution < 1.29 is 9.90 Å². The first-order valence-corrected chi connectivity index (χ1v) is 13.2. The Hall–Kier alpha value is -4.30. The van der Waals surface area contributed by atoms with Crippen LogP contribution in [0.5, 0.6) is 5.75 Å². The molecule has 1 fully saturated rings. The number of carbonyl (C=O) groups is 1. The molecule has 6 rings (SSSR count). The Morgan fingerprint density at radius 2 is 1.68 bits per heavy atom. The molecular weight excluding hydrogens is 470 g/mol. The first-order valence-electron chi connectivity index (χ1n) is 13.2. The average Bonchev–Trinajstić information content (AvgIpc) is 2.95. The van der Waals surface area contributed by atoms with Crippen molar-refractivity contribution in [3.8, 4) is 34.2 Å². The summed E-state index contributed by atoms with van der Waals surface area (Å²) >= 11 is 0. The summed E-state index contributed by atoms with van der Waals surface area (Å²) in [5.41, 5.74) is 6.65. The third-order valence-corrected chi connectivity index (χ3v) is 8.58. The predicted octanol–water partition coefficient (Wildman–Crippen LogP) is 6.42. The van der Waals surface area contributed by atoms with Gasteiger partial charge in [0.2, 0.25) is 0 Å². The second kappa shape index (κ2) is 9.22. The summed E-state index contributed by atoms with van der Waals surface area (Å²) < 4.78 is 0. The molecule has 188 valence electrons. The average molecular weight is 500 g/mol. The number of fused-ring (bicyclic) bond motifs is 3. The van der Waals surface area contributed by atoms with E-state index in [1.807, 2.05) is 50.2 Å². The van der Waals surface area contributed by atoms with Gasteiger partial charge in [-0.3, -0.25) is 4.79 Å². The zero-order chi connectivity index (χ0) is 26.4. The molecule has 5 nitrogen and oxygen atoms in total. The van der Waals surface area contributed by atoms with Crippen molar-refractivity contribution in [2.45, 2.75) is 38.5 Å². The van der Waals surface area contributed by atoms with Crippen molar-refractivity contribution in [2.75, 3.05) is 0 Å². The fourth-order valence-corrected chi connectivity index (χ4v) is 6.84. The number of nitriles is 1. The second-order valence-electron chi connectivity index (χ2n) is 10.6. The van der Waals surface area contributed by atoms with Gasteiger partial charge < -0.3 is 5.11 Å². The van der Waals surface area contributed by atoms with E-state index in [4.69, 9.17) is 9.97 Å². The highest BCUT2D eigenvalue weighted by atomic mass is 16.3. The molecule has 0 saturated heterocycles. The minimum absolute atomic E-state index is 0.0557. The molecular formula is C33H29N3O2. The van der Waals surface area contributed by atoms with Crippen molar-refractivity contribution in [2.24, 2.45) is 17.8 Å². The number of rotatable bonds is 3. The van der Waals surface area contributed by atoms with E-state index in [9.17, 15) is 15.2 Å². The summed E-state index contributed by atoms with van der Waals surface area (Å²) in [6.45, 7) is 3.92. The van der Waals surface area contributed by atoms with Crippen LogP contribution in [0.2, 0.25) is 0 Å². The van der Waals surface area contributed by atoms with E-state index in [2.05, 4.69) is 36.4 Å². The van der Waals surface area contributed by atoms with E-state index in [1.165, 1.54) is 0 Å². The van der Waals surface area contributed by atoms with Gasteiger partial charge in [0, 0.05) is 22.5 Å². The lowest BCUT2D eigenvalue weighted by molar-refractivity contribution is -0.131. The molecule has 0 radical (unpaired) electrons. The topological polar surface area (TPSA) is 86.9 Å². The van der Waals surface area contributed by atoms with Crippen molar-refractivity contribution in [1.29, 1.82) is 5.26 Å². The Labute approximate surface area is 222 Å². The zero-order valence-electron chi connectivity index (χ0n) is 21.6. The molecule has 0 spiro atoms. The van der Waals surface area contributed by atoms with E-state index in [0.717, 1.165) is 52.0 Å². The Morgan fingerprint density at radius 1 is 0.947 bits per heavy atom. The lowest BCUT2D eigenvalue weighted by Gasteiger charge is -2.51. The molecule has 1 heterocycles. The molecule has 4 atom stereocenters. The van der Waals surface area contributed by atoms with Crippen molar-refractivity contribution >= 4 is 5.78 Å². The van der Waals surface area contributed by atoms with Crippen LogP contribution in [0, 0.1) is 36.0 Å². The molecule has 2 aliphatic rings. The number of benzene rings is 3.